The maximum atomic E-state index is 12.9. The average molecular weight is 400 g/mol. The lowest BCUT2D eigenvalue weighted by Gasteiger charge is -2.42. The highest BCUT2D eigenvalue weighted by atomic mass is 16.5. The van der Waals surface area contributed by atoms with Crippen molar-refractivity contribution in [1.29, 1.82) is 0 Å². The van der Waals surface area contributed by atoms with Crippen molar-refractivity contribution >= 4 is 11.9 Å². The molecule has 2 fully saturated rings. The van der Waals surface area contributed by atoms with E-state index in [1.54, 1.807) is 0 Å². The number of morpholine rings is 1. The Morgan fingerprint density at radius 3 is 2.45 bits per heavy atom. The highest BCUT2D eigenvalue weighted by Crippen LogP contribution is 2.52. The Bertz CT molecular complexity index is 749. The van der Waals surface area contributed by atoms with Crippen molar-refractivity contribution in [3.8, 4) is 0 Å². The summed E-state index contributed by atoms with van der Waals surface area (Å²) in [6.45, 7) is 8.23. The van der Waals surface area contributed by atoms with Gasteiger partial charge in [-0.05, 0) is 55.6 Å². The fourth-order valence-corrected chi connectivity index (χ4v) is 5.37. The lowest BCUT2D eigenvalue weighted by molar-refractivity contribution is -0.122. The van der Waals surface area contributed by atoms with Crippen molar-refractivity contribution in [1.82, 2.24) is 15.1 Å². The SMILES string of the molecule is CC(C)NC(=O)C[C@H]1CC2(CCN(C(=O)N3CCOCC3)CC2)c2ccccc21. The van der Waals surface area contributed by atoms with Crippen LogP contribution in [-0.4, -0.2) is 67.2 Å². The summed E-state index contributed by atoms with van der Waals surface area (Å²) < 4.78 is 5.37. The molecule has 2 saturated heterocycles. The third-order valence-corrected chi connectivity index (χ3v) is 6.76. The number of hydrogen-bond donors (Lipinski definition) is 1. The molecule has 2 aliphatic heterocycles. The lowest BCUT2D eigenvalue weighted by atomic mass is 9.73. The molecule has 0 radical (unpaired) electrons. The van der Waals surface area contributed by atoms with Gasteiger partial charge in [0.1, 0.15) is 0 Å². The van der Waals surface area contributed by atoms with Gasteiger partial charge in [0, 0.05) is 38.6 Å². The lowest BCUT2D eigenvalue weighted by Crippen LogP contribution is -2.52. The number of nitrogens with zero attached hydrogens (tertiary/aromatic N) is 2. The molecule has 0 bridgehead atoms. The number of rotatable bonds is 3. The smallest absolute Gasteiger partial charge is 0.320 e. The first kappa shape index (κ1) is 20.2. The molecule has 158 valence electrons. The van der Waals surface area contributed by atoms with Crippen LogP contribution < -0.4 is 5.32 Å². The molecule has 3 amide bonds. The van der Waals surface area contributed by atoms with Crippen LogP contribution in [0.3, 0.4) is 0 Å². The van der Waals surface area contributed by atoms with E-state index in [2.05, 4.69) is 29.6 Å². The summed E-state index contributed by atoms with van der Waals surface area (Å²) in [4.78, 5) is 29.2. The number of amides is 3. The minimum Gasteiger partial charge on any atom is -0.378 e. The van der Waals surface area contributed by atoms with Gasteiger partial charge in [-0.1, -0.05) is 24.3 Å². The maximum absolute atomic E-state index is 12.9. The highest BCUT2D eigenvalue weighted by Gasteiger charge is 2.46. The van der Waals surface area contributed by atoms with E-state index in [0.717, 1.165) is 32.4 Å². The third kappa shape index (κ3) is 4.13. The first-order valence-corrected chi connectivity index (χ1v) is 11.0. The van der Waals surface area contributed by atoms with Gasteiger partial charge in [-0.3, -0.25) is 4.79 Å². The predicted octanol–water partition coefficient (Wildman–Crippen LogP) is 2.87. The Kier molecular flexibility index (Phi) is 5.81. The van der Waals surface area contributed by atoms with E-state index in [-0.39, 0.29) is 29.3 Å². The van der Waals surface area contributed by atoms with Crippen LogP contribution in [0.15, 0.2) is 24.3 Å². The summed E-state index contributed by atoms with van der Waals surface area (Å²) in [6, 6.07) is 8.97. The van der Waals surface area contributed by atoms with Gasteiger partial charge in [-0.15, -0.1) is 0 Å². The predicted molar refractivity (Wildman–Crippen MR) is 112 cm³/mol. The van der Waals surface area contributed by atoms with E-state index in [1.807, 2.05) is 23.6 Å². The molecule has 29 heavy (non-hydrogen) atoms. The van der Waals surface area contributed by atoms with Gasteiger partial charge < -0.3 is 19.9 Å². The second kappa shape index (κ2) is 8.34. The van der Waals surface area contributed by atoms with Crippen LogP contribution >= 0.6 is 0 Å². The molecule has 3 aliphatic rings. The molecular formula is C23H33N3O3. The normalized spacial score (nSPS) is 23.3. The zero-order valence-electron chi connectivity index (χ0n) is 17.7. The van der Waals surface area contributed by atoms with E-state index in [9.17, 15) is 9.59 Å². The highest BCUT2D eigenvalue weighted by molar-refractivity contribution is 5.77. The van der Waals surface area contributed by atoms with Crippen molar-refractivity contribution in [2.45, 2.75) is 56.9 Å². The molecule has 1 aliphatic carbocycles. The van der Waals surface area contributed by atoms with Gasteiger partial charge in [0.25, 0.3) is 0 Å². The minimum absolute atomic E-state index is 0.0984. The molecular weight excluding hydrogens is 366 g/mol. The van der Waals surface area contributed by atoms with E-state index < -0.39 is 0 Å². The average Bonchev–Trinajstić information content (AvgIpc) is 3.01. The Hall–Kier alpha value is -2.08. The van der Waals surface area contributed by atoms with Crippen molar-refractivity contribution in [3.63, 3.8) is 0 Å². The Morgan fingerprint density at radius 2 is 1.76 bits per heavy atom. The summed E-state index contributed by atoms with van der Waals surface area (Å²) in [5.41, 5.74) is 2.83. The zero-order valence-corrected chi connectivity index (χ0v) is 17.7. The molecule has 1 atom stereocenters. The van der Waals surface area contributed by atoms with Gasteiger partial charge >= 0.3 is 6.03 Å². The number of ether oxygens (including phenoxy) is 1. The molecule has 6 heteroatoms. The molecule has 0 aromatic heterocycles. The number of hydrogen-bond acceptors (Lipinski definition) is 3. The van der Waals surface area contributed by atoms with Gasteiger partial charge in [-0.25, -0.2) is 4.79 Å². The van der Waals surface area contributed by atoms with Crippen molar-refractivity contribution in [2.75, 3.05) is 39.4 Å². The minimum atomic E-state index is 0.0984. The number of nitrogens with one attached hydrogen (secondary N) is 1. The van der Waals surface area contributed by atoms with E-state index in [4.69, 9.17) is 4.74 Å². The number of piperidine rings is 1. The number of benzene rings is 1. The van der Waals surface area contributed by atoms with Crippen LogP contribution in [0.5, 0.6) is 0 Å². The summed E-state index contributed by atoms with van der Waals surface area (Å²) in [7, 11) is 0. The molecule has 0 unspecified atom stereocenters. The van der Waals surface area contributed by atoms with Gasteiger partial charge in [0.05, 0.1) is 13.2 Å². The molecule has 6 nitrogen and oxygen atoms in total. The largest absolute Gasteiger partial charge is 0.378 e. The van der Waals surface area contributed by atoms with E-state index in [1.165, 1.54) is 11.1 Å². The number of likely N-dealkylation sites (tertiary alicyclic amines) is 1. The summed E-state index contributed by atoms with van der Waals surface area (Å²) in [5.74, 6) is 0.406. The van der Waals surface area contributed by atoms with E-state index in [0.29, 0.717) is 32.7 Å². The first-order valence-electron chi connectivity index (χ1n) is 11.0. The monoisotopic (exact) mass is 399 g/mol. The van der Waals surface area contributed by atoms with Crippen LogP contribution in [0, 0.1) is 0 Å². The first-order chi connectivity index (χ1) is 14.0. The van der Waals surface area contributed by atoms with Gasteiger partial charge in [-0.2, -0.15) is 0 Å². The molecule has 1 spiro atoms. The van der Waals surface area contributed by atoms with Crippen molar-refractivity contribution in [3.05, 3.63) is 35.4 Å². The molecule has 1 aromatic rings. The van der Waals surface area contributed by atoms with Gasteiger partial charge in [0.2, 0.25) is 5.91 Å². The van der Waals surface area contributed by atoms with Crippen molar-refractivity contribution < 1.29 is 14.3 Å². The quantitative estimate of drug-likeness (QED) is 0.850. The molecule has 4 rings (SSSR count). The standard InChI is InChI=1S/C23H33N3O3/c1-17(2)24-21(27)15-18-16-23(20-6-4-3-5-19(18)20)7-9-25(10-8-23)22(28)26-11-13-29-14-12-26/h3-6,17-18H,7-16H2,1-2H3,(H,24,27)/t18-/m0/s1. The van der Waals surface area contributed by atoms with Crippen LogP contribution in [0.1, 0.15) is 56.6 Å². The summed E-state index contributed by atoms with van der Waals surface area (Å²) in [5, 5.41) is 3.04. The van der Waals surface area contributed by atoms with Gasteiger partial charge in [0.15, 0.2) is 0 Å². The van der Waals surface area contributed by atoms with Crippen LogP contribution in [0.4, 0.5) is 4.79 Å². The summed E-state index contributed by atoms with van der Waals surface area (Å²) >= 11 is 0. The topological polar surface area (TPSA) is 61.9 Å². The Morgan fingerprint density at radius 1 is 1.10 bits per heavy atom. The number of fused-ring (bicyclic) bond motifs is 2. The van der Waals surface area contributed by atoms with Crippen LogP contribution in [0.25, 0.3) is 0 Å². The van der Waals surface area contributed by atoms with Crippen LogP contribution in [-0.2, 0) is 14.9 Å². The fourth-order valence-electron chi connectivity index (χ4n) is 5.37. The second-order valence-electron chi connectivity index (χ2n) is 9.06. The molecule has 1 aromatic carbocycles. The zero-order chi connectivity index (χ0) is 20.4. The number of carbonyl (C=O) groups excluding carboxylic acids is 2. The third-order valence-electron chi connectivity index (χ3n) is 6.76. The number of carbonyl (C=O) groups is 2. The van der Waals surface area contributed by atoms with Crippen molar-refractivity contribution in [2.24, 2.45) is 0 Å². The maximum Gasteiger partial charge on any atom is 0.320 e. The Balaban J connectivity index is 1.45. The van der Waals surface area contributed by atoms with Crippen LogP contribution in [0.2, 0.25) is 0 Å². The molecule has 2 heterocycles. The molecule has 0 saturated carbocycles. The Labute approximate surface area is 173 Å². The second-order valence-corrected chi connectivity index (χ2v) is 9.06. The van der Waals surface area contributed by atoms with E-state index >= 15 is 0 Å². The fraction of sp³-hybridized carbons (Fsp3) is 0.652. The molecule has 1 N–H and O–H groups in total. The number of urea groups is 1. The summed E-state index contributed by atoms with van der Waals surface area (Å²) in [6.07, 6.45) is 3.51.